The molecule has 0 radical (unpaired) electrons. The molecule has 0 spiro atoms. The van der Waals surface area contributed by atoms with Crippen LogP contribution in [0.4, 0.5) is 0 Å². The fourth-order valence-electron chi connectivity index (χ4n) is 2.92. The standard InChI is InChI=1S/C9H17NO/c1-10-6-5-9(7-11)4-2-3-8(9)10/h8,11H,2-7H2,1H3. The van der Waals surface area contributed by atoms with Crippen LogP contribution in [0.2, 0.25) is 0 Å². The summed E-state index contributed by atoms with van der Waals surface area (Å²) in [5, 5.41) is 9.32. The SMILES string of the molecule is CN1CCC2(CO)CCCC12. The second-order valence-electron chi connectivity index (χ2n) is 4.16. The van der Waals surface area contributed by atoms with Gasteiger partial charge >= 0.3 is 0 Å². The third kappa shape index (κ3) is 0.926. The molecule has 0 bridgehead atoms. The Morgan fingerprint density at radius 1 is 1.55 bits per heavy atom. The van der Waals surface area contributed by atoms with Crippen molar-refractivity contribution in [2.45, 2.75) is 31.7 Å². The van der Waals surface area contributed by atoms with Crippen molar-refractivity contribution in [2.75, 3.05) is 20.2 Å². The van der Waals surface area contributed by atoms with E-state index in [9.17, 15) is 5.11 Å². The molecule has 1 saturated heterocycles. The van der Waals surface area contributed by atoms with Gasteiger partial charge in [-0.2, -0.15) is 0 Å². The van der Waals surface area contributed by atoms with E-state index in [0.717, 1.165) is 0 Å². The Morgan fingerprint density at radius 3 is 3.00 bits per heavy atom. The number of aliphatic hydroxyl groups excluding tert-OH is 1. The van der Waals surface area contributed by atoms with Crippen molar-refractivity contribution in [1.29, 1.82) is 0 Å². The predicted octanol–water partition coefficient (Wildman–Crippen LogP) is 0.853. The van der Waals surface area contributed by atoms with Crippen molar-refractivity contribution in [3.8, 4) is 0 Å². The van der Waals surface area contributed by atoms with Crippen molar-refractivity contribution < 1.29 is 5.11 Å². The first-order valence-electron chi connectivity index (χ1n) is 4.60. The molecule has 2 aliphatic rings. The number of aliphatic hydroxyl groups is 1. The molecule has 2 heteroatoms. The normalized spacial score (nSPS) is 44.7. The van der Waals surface area contributed by atoms with E-state index in [1.807, 2.05) is 0 Å². The highest BCUT2D eigenvalue weighted by Crippen LogP contribution is 2.47. The largest absolute Gasteiger partial charge is 0.396 e. The third-order valence-electron chi connectivity index (χ3n) is 3.67. The van der Waals surface area contributed by atoms with E-state index in [-0.39, 0.29) is 0 Å². The number of hydrogen-bond donors (Lipinski definition) is 1. The molecular formula is C9H17NO. The van der Waals surface area contributed by atoms with Gasteiger partial charge in [0.25, 0.3) is 0 Å². The molecule has 2 atom stereocenters. The van der Waals surface area contributed by atoms with Gasteiger partial charge in [0.2, 0.25) is 0 Å². The second kappa shape index (κ2) is 2.46. The minimum absolute atomic E-state index is 0.300. The average Bonchev–Trinajstić information content (AvgIpc) is 2.53. The van der Waals surface area contributed by atoms with Gasteiger partial charge in [0, 0.05) is 11.5 Å². The molecular weight excluding hydrogens is 138 g/mol. The fraction of sp³-hybridized carbons (Fsp3) is 1.00. The van der Waals surface area contributed by atoms with E-state index in [1.54, 1.807) is 0 Å². The summed E-state index contributed by atoms with van der Waals surface area (Å²) in [6, 6.07) is 0.687. The van der Waals surface area contributed by atoms with Crippen molar-refractivity contribution in [1.82, 2.24) is 4.90 Å². The summed E-state index contributed by atoms with van der Waals surface area (Å²) < 4.78 is 0. The van der Waals surface area contributed by atoms with Crippen LogP contribution < -0.4 is 0 Å². The maximum atomic E-state index is 9.32. The minimum atomic E-state index is 0.300. The molecule has 2 fully saturated rings. The topological polar surface area (TPSA) is 23.5 Å². The quantitative estimate of drug-likeness (QED) is 0.607. The van der Waals surface area contributed by atoms with Gasteiger partial charge in [0.1, 0.15) is 0 Å². The number of nitrogens with zero attached hydrogens (tertiary/aromatic N) is 1. The summed E-state index contributed by atoms with van der Waals surface area (Å²) in [6.45, 7) is 1.59. The van der Waals surface area contributed by atoms with Crippen LogP contribution in [0.15, 0.2) is 0 Å². The molecule has 0 amide bonds. The van der Waals surface area contributed by atoms with E-state index in [1.165, 1.54) is 32.2 Å². The van der Waals surface area contributed by atoms with Crippen LogP contribution in [0.1, 0.15) is 25.7 Å². The zero-order chi connectivity index (χ0) is 7.90. The molecule has 1 heterocycles. The van der Waals surface area contributed by atoms with E-state index < -0.39 is 0 Å². The van der Waals surface area contributed by atoms with Crippen molar-refractivity contribution in [3.63, 3.8) is 0 Å². The number of hydrogen-bond acceptors (Lipinski definition) is 2. The van der Waals surface area contributed by atoms with E-state index in [0.29, 0.717) is 18.1 Å². The molecule has 2 rings (SSSR count). The van der Waals surface area contributed by atoms with Gasteiger partial charge in [-0.15, -0.1) is 0 Å². The van der Waals surface area contributed by atoms with Crippen LogP contribution >= 0.6 is 0 Å². The van der Waals surface area contributed by atoms with E-state index in [4.69, 9.17) is 0 Å². The molecule has 11 heavy (non-hydrogen) atoms. The lowest BCUT2D eigenvalue weighted by atomic mass is 9.83. The first kappa shape index (κ1) is 7.56. The van der Waals surface area contributed by atoms with Crippen LogP contribution in [-0.2, 0) is 0 Å². The van der Waals surface area contributed by atoms with Crippen LogP contribution in [0.25, 0.3) is 0 Å². The molecule has 0 aromatic rings. The Hall–Kier alpha value is -0.0800. The fourth-order valence-corrected chi connectivity index (χ4v) is 2.92. The minimum Gasteiger partial charge on any atom is -0.396 e. The second-order valence-corrected chi connectivity index (χ2v) is 4.16. The van der Waals surface area contributed by atoms with Gasteiger partial charge in [-0.05, 0) is 32.9 Å². The average molecular weight is 155 g/mol. The molecule has 1 aliphatic heterocycles. The van der Waals surface area contributed by atoms with Crippen molar-refractivity contribution in [2.24, 2.45) is 5.41 Å². The molecule has 2 nitrogen and oxygen atoms in total. The number of rotatable bonds is 1. The van der Waals surface area contributed by atoms with Gasteiger partial charge in [-0.1, -0.05) is 6.42 Å². The monoisotopic (exact) mass is 155 g/mol. The summed E-state index contributed by atoms with van der Waals surface area (Å²) in [5.41, 5.74) is 0.300. The van der Waals surface area contributed by atoms with Gasteiger partial charge in [-0.3, -0.25) is 0 Å². The highest BCUT2D eigenvalue weighted by Gasteiger charge is 2.48. The van der Waals surface area contributed by atoms with Crippen LogP contribution in [0, 0.1) is 5.41 Å². The van der Waals surface area contributed by atoms with Crippen LogP contribution in [0.3, 0.4) is 0 Å². The number of fused-ring (bicyclic) bond motifs is 1. The first-order valence-corrected chi connectivity index (χ1v) is 4.60. The smallest absolute Gasteiger partial charge is 0.0502 e. The maximum absolute atomic E-state index is 9.32. The van der Waals surface area contributed by atoms with E-state index in [2.05, 4.69) is 11.9 Å². The lowest BCUT2D eigenvalue weighted by Crippen LogP contribution is -2.35. The molecule has 1 aliphatic carbocycles. The maximum Gasteiger partial charge on any atom is 0.0502 e. The molecule has 0 aromatic heterocycles. The zero-order valence-corrected chi connectivity index (χ0v) is 7.21. The molecule has 1 N–H and O–H groups in total. The van der Waals surface area contributed by atoms with Crippen LogP contribution in [-0.4, -0.2) is 36.2 Å². The zero-order valence-electron chi connectivity index (χ0n) is 7.21. The Labute approximate surface area is 68.2 Å². The van der Waals surface area contributed by atoms with Gasteiger partial charge in [0.05, 0.1) is 6.61 Å². The Bertz CT molecular complexity index is 160. The van der Waals surface area contributed by atoms with E-state index >= 15 is 0 Å². The molecule has 0 aromatic carbocycles. The molecule has 64 valence electrons. The predicted molar refractivity (Wildman–Crippen MR) is 44.4 cm³/mol. The van der Waals surface area contributed by atoms with Crippen molar-refractivity contribution >= 4 is 0 Å². The summed E-state index contributed by atoms with van der Waals surface area (Å²) in [5.74, 6) is 0. The number of likely N-dealkylation sites (tertiary alicyclic amines) is 1. The molecule has 1 saturated carbocycles. The Balaban J connectivity index is 2.18. The van der Waals surface area contributed by atoms with Gasteiger partial charge in [-0.25, -0.2) is 0 Å². The molecule has 2 unspecified atom stereocenters. The summed E-state index contributed by atoms with van der Waals surface area (Å²) >= 11 is 0. The highest BCUT2D eigenvalue weighted by molar-refractivity contribution is 5.01. The Kier molecular flexibility index (Phi) is 1.69. The van der Waals surface area contributed by atoms with Gasteiger partial charge in [0.15, 0.2) is 0 Å². The Morgan fingerprint density at radius 2 is 2.36 bits per heavy atom. The lowest BCUT2D eigenvalue weighted by Gasteiger charge is -2.28. The summed E-state index contributed by atoms with van der Waals surface area (Å²) in [7, 11) is 2.19. The van der Waals surface area contributed by atoms with Crippen molar-refractivity contribution in [3.05, 3.63) is 0 Å². The van der Waals surface area contributed by atoms with Crippen LogP contribution in [0.5, 0.6) is 0 Å². The van der Waals surface area contributed by atoms with Gasteiger partial charge < -0.3 is 10.0 Å². The summed E-state index contributed by atoms with van der Waals surface area (Å²) in [6.07, 6.45) is 5.08. The lowest BCUT2D eigenvalue weighted by molar-refractivity contribution is 0.107. The third-order valence-corrected chi connectivity index (χ3v) is 3.67. The highest BCUT2D eigenvalue weighted by atomic mass is 16.3. The summed E-state index contributed by atoms with van der Waals surface area (Å²) in [4.78, 5) is 2.42. The first-order chi connectivity index (χ1) is 5.28.